The van der Waals surface area contributed by atoms with E-state index in [1.165, 1.54) is 82.6 Å². The van der Waals surface area contributed by atoms with Crippen molar-refractivity contribution in [3.8, 4) is 0 Å². The van der Waals surface area contributed by atoms with Crippen LogP contribution in [0.4, 0.5) is 0 Å². The molecule has 0 heterocycles. The van der Waals surface area contributed by atoms with E-state index >= 15 is 0 Å². The van der Waals surface area contributed by atoms with Gasteiger partial charge in [0.25, 0.3) is 0 Å². The summed E-state index contributed by atoms with van der Waals surface area (Å²) in [5, 5.41) is 10.8. The molecule has 2 nitrogen and oxygen atoms in total. The predicted octanol–water partition coefficient (Wildman–Crippen LogP) is 7.81. The Bertz CT molecular complexity index is 489. The zero-order chi connectivity index (χ0) is 20.6. The van der Waals surface area contributed by atoms with Crippen LogP contribution in [0.3, 0.4) is 0 Å². The van der Waals surface area contributed by atoms with E-state index in [4.69, 9.17) is 0 Å². The number of benzene rings is 1. The molecule has 1 aromatic carbocycles. The number of halogens is 1. The number of unbranched alkanes of at least 4 members (excludes halogenated alkanes) is 10. The fourth-order valence-corrected chi connectivity index (χ4v) is 4.00. The zero-order valence-corrected chi connectivity index (χ0v) is 20.3. The highest BCUT2D eigenvalue weighted by atomic mass is 79.9. The summed E-state index contributed by atoms with van der Waals surface area (Å²) < 4.78 is 1.11. The standard InChI is InChI=1S/C25H44BrNO/c1-4-6-8-10-12-14-18-27(19-15-13-11-9-7-5-2)21-25(28)23-16-17-24(26)22(3)20-23/h16-17,20,25,28H,4-15,18-19,21H2,1-3H3. The molecule has 0 amide bonds. The molecule has 0 aliphatic heterocycles. The second-order valence-electron chi connectivity index (χ2n) is 8.36. The van der Waals surface area contributed by atoms with Crippen molar-refractivity contribution in [3.05, 3.63) is 33.8 Å². The lowest BCUT2D eigenvalue weighted by Crippen LogP contribution is -2.31. The van der Waals surface area contributed by atoms with Crippen LogP contribution >= 0.6 is 15.9 Å². The predicted molar refractivity (Wildman–Crippen MR) is 127 cm³/mol. The van der Waals surface area contributed by atoms with Gasteiger partial charge in [-0.15, -0.1) is 0 Å². The van der Waals surface area contributed by atoms with E-state index in [0.29, 0.717) is 0 Å². The number of rotatable bonds is 17. The van der Waals surface area contributed by atoms with Crippen LogP contribution in [0.15, 0.2) is 22.7 Å². The Balaban J connectivity index is 2.46. The largest absolute Gasteiger partial charge is 0.387 e. The first-order chi connectivity index (χ1) is 13.6. The second-order valence-corrected chi connectivity index (χ2v) is 9.21. The van der Waals surface area contributed by atoms with Crippen LogP contribution in [-0.4, -0.2) is 29.6 Å². The summed E-state index contributed by atoms with van der Waals surface area (Å²) in [5.74, 6) is 0. The van der Waals surface area contributed by atoms with Crippen LogP contribution in [0.1, 0.15) is 108 Å². The van der Waals surface area contributed by atoms with E-state index in [1.54, 1.807) is 0 Å². The molecule has 1 unspecified atom stereocenters. The van der Waals surface area contributed by atoms with Crippen molar-refractivity contribution in [3.63, 3.8) is 0 Å². The molecule has 28 heavy (non-hydrogen) atoms. The first-order valence-electron chi connectivity index (χ1n) is 11.7. The van der Waals surface area contributed by atoms with Gasteiger partial charge in [0.1, 0.15) is 0 Å². The lowest BCUT2D eigenvalue weighted by atomic mass is 10.1. The van der Waals surface area contributed by atoms with Gasteiger partial charge in [0, 0.05) is 11.0 Å². The van der Waals surface area contributed by atoms with Crippen LogP contribution in [-0.2, 0) is 0 Å². The van der Waals surface area contributed by atoms with Crippen LogP contribution in [0.5, 0.6) is 0 Å². The number of aliphatic hydroxyl groups is 1. The summed E-state index contributed by atoms with van der Waals surface area (Å²) in [6, 6.07) is 6.22. The van der Waals surface area contributed by atoms with E-state index < -0.39 is 6.10 Å². The molecule has 0 aliphatic rings. The molecule has 3 heteroatoms. The van der Waals surface area contributed by atoms with Crippen molar-refractivity contribution in [2.24, 2.45) is 0 Å². The van der Waals surface area contributed by atoms with Gasteiger partial charge >= 0.3 is 0 Å². The number of hydrogen-bond donors (Lipinski definition) is 1. The Hall–Kier alpha value is -0.380. The molecule has 0 bridgehead atoms. The fourth-order valence-electron chi connectivity index (χ4n) is 3.75. The molecule has 0 radical (unpaired) electrons. The molecular formula is C25H44BrNO. The second kappa shape index (κ2) is 16.4. The lowest BCUT2D eigenvalue weighted by Gasteiger charge is -2.25. The normalized spacial score (nSPS) is 12.6. The molecule has 1 atom stereocenters. The quantitative estimate of drug-likeness (QED) is 0.243. The summed E-state index contributed by atoms with van der Waals surface area (Å²) in [7, 11) is 0. The van der Waals surface area contributed by atoms with Crippen molar-refractivity contribution >= 4 is 15.9 Å². The van der Waals surface area contributed by atoms with Crippen molar-refractivity contribution in [1.82, 2.24) is 4.90 Å². The molecule has 0 fully saturated rings. The topological polar surface area (TPSA) is 23.5 Å². The summed E-state index contributed by atoms with van der Waals surface area (Å²) in [4.78, 5) is 2.50. The average molecular weight is 455 g/mol. The van der Waals surface area contributed by atoms with E-state index in [2.05, 4.69) is 59.8 Å². The minimum Gasteiger partial charge on any atom is -0.387 e. The van der Waals surface area contributed by atoms with Crippen molar-refractivity contribution < 1.29 is 5.11 Å². The number of aliphatic hydroxyl groups excluding tert-OH is 1. The summed E-state index contributed by atoms with van der Waals surface area (Å²) in [6.07, 6.45) is 15.5. The van der Waals surface area contributed by atoms with Crippen molar-refractivity contribution in [1.29, 1.82) is 0 Å². The minimum atomic E-state index is -0.396. The highest BCUT2D eigenvalue weighted by Crippen LogP contribution is 2.22. The Morgan fingerprint density at radius 3 is 1.82 bits per heavy atom. The van der Waals surface area contributed by atoms with Gasteiger partial charge in [-0.2, -0.15) is 0 Å². The number of nitrogens with zero attached hydrogens (tertiary/aromatic N) is 1. The Morgan fingerprint density at radius 1 is 0.821 bits per heavy atom. The molecule has 1 N–H and O–H groups in total. The third-order valence-corrected chi connectivity index (χ3v) is 6.54. The van der Waals surface area contributed by atoms with Crippen LogP contribution in [0.2, 0.25) is 0 Å². The minimum absolute atomic E-state index is 0.396. The third kappa shape index (κ3) is 11.6. The average Bonchev–Trinajstić information content (AvgIpc) is 2.68. The Kier molecular flexibility index (Phi) is 15.0. The first kappa shape index (κ1) is 25.7. The third-order valence-electron chi connectivity index (χ3n) is 5.65. The summed E-state index contributed by atoms with van der Waals surface area (Å²) in [5.41, 5.74) is 2.23. The molecule has 0 saturated heterocycles. The molecule has 0 saturated carbocycles. The maximum atomic E-state index is 10.8. The lowest BCUT2D eigenvalue weighted by molar-refractivity contribution is 0.110. The van der Waals surface area contributed by atoms with E-state index in [1.807, 2.05) is 0 Å². The summed E-state index contributed by atoms with van der Waals surface area (Å²) in [6.45, 7) is 9.62. The molecule has 162 valence electrons. The van der Waals surface area contributed by atoms with Crippen LogP contribution in [0.25, 0.3) is 0 Å². The Morgan fingerprint density at radius 2 is 1.32 bits per heavy atom. The number of hydrogen-bond acceptors (Lipinski definition) is 2. The molecular weight excluding hydrogens is 410 g/mol. The van der Waals surface area contributed by atoms with Crippen molar-refractivity contribution in [2.75, 3.05) is 19.6 Å². The smallest absolute Gasteiger partial charge is 0.0917 e. The maximum Gasteiger partial charge on any atom is 0.0917 e. The fraction of sp³-hybridized carbons (Fsp3) is 0.760. The van der Waals surface area contributed by atoms with Gasteiger partial charge in [-0.05, 0) is 50.0 Å². The van der Waals surface area contributed by atoms with Gasteiger partial charge in [-0.3, -0.25) is 0 Å². The number of aryl methyl sites for hydroxylation is 1. The molecule has 0 aromatic heterocycles. The van der Waals surface area contributed by atoms with Crippen LogP contribution in [0, 0.1) is 6.92 Å². The van der Waals surface area contributed by atoms with Gasteiger partial charge in [0.05, 0.1) is 6.10 Å². The molecule has 0 aliphatic carbocycles. The van der Waals surface area contributed by atoms with Gasteiger partial charge < -0.3 is 10.0 Å². The van der Waals surface area contributed by atoms with Gasteiger partial charge in [-0.25, -0.2) is 0 Å². The van der Waals surface area contributed by atoms with Gasteiger partial charge in [0.15, 0.2) is 0 Å². The molecule has 1 aromatic rings. The molecule has 0 spiro atoms. The molecule has 1 rings (SSSR count). The SMILES string of the molecule is CCCCCCCCN(CCCCCCCC)CC(O)c1ccc(Br)c(C)c1. The highest BCUT2D eigenvalue weighted by molar-refractivity contribution is 9.10. The zero-order valence-electron chi connectivity index (χ0n) is 18.7. The van der Waals surface area contributed by atoms with E-state index in [0.717, 1.165) is 29.7 Å². The Labute approximate surface area is 183 Å². The van der Waals surface area contributed by atoms with Crippen molar-refractivity contribution in [2.45, 2.75) is 104 Å². The summed E-state index contributed by atoms with van der Waals surface area (Å²) >= 11 is 3.56. The maximum absolute atomic E-state index is 10.8. The highest BCUT2D eigenvalue weighted by Gasteiger charge is 2.14. The monoisotopic (exact) mass is 453 g/mol. The van der Waals surface area contributed by atoms with E-state index in [9.17, 15) is 5.11 Å². The van der Waals surface area contributed by atoms with Gasteiger partial charge in [-0.1, -0.05) is 106 Å². The van der Waals surface area contributed by atoms with E-state index in [-0.39, 0.29) is 0 Å². The first-order valence-corrected chi connectivity index (χ1v) is 12.5. The van der Waals surface area contributed by atoms with Gasteiger partial charge in [0.2, 0.25) is 0 Å². The van der Waals surface area contributed by atoms with Crippen LogP contribution < -0.4 is 0 Å².